The zero-order valence-electron chi connectivity index (χ0n) is 23.5. The monoisotopic (exact) mass is 547 g/mol. The Kier molecular flexibility index (Phi) is 6.12. The van der Waals surface area contributed by atoms with Crippen LogP contribution in [0.3, 0.4) is 0 Å². The van der Waals surface area contributed by atoms with Crippen LogP contribution in [0.25, 0.3) is 22.2 Å². The quantitative estimate of drug-likeness (QED) is 0.276. The molecule has 9 nitrogen and oxygen atoms in total. The van der Waals surface area contributed by atoms with Gasteiger partial charge in [0.2, 0.25) is 0 Å². The fraction of sp³-hybridized carbons (Fsp3) is 0.312. The summed E-state index contributed by atoms with van der Waals surface area (Å²) in [5.74, 6) is 3.42. The number of hydrogen-bond acceptors (Lipinski definition) is 8. The number of hydrogen-bond donors (Lipinski definition) is 1. The third kappa shape index (κ3) is 4.86. The number of aryl methyl sites for hydroxylation is 2. The fourth-order valence-corrected chi connectivity index (χ4v) is 6.45. The molecule has 9 heteroatoms. The summed E-state index contributed by atoms with van der Waals surface area (Å²) < 4.78 is 14.5. The van der Waals surface area contributed by atoms with Crippen LogP contribution in [0.5, 0.6) is 17.2 Å². The lowest BCUT2D eigenvalue weighted by molar-refractivity contribution is -0.0747. The van der Waals surface area contributed by atoms with Gasteiger partial charge in [-0.1, -0.05) is 12.1 Å². The van der Waals surface area contributed by atoms with Crippen LogP contribution in [-0.2, 0) is 6.61 Å². The molecule has 0 radical (unpaired) electrons. The van der Waals surface area contributed by atoms with Crippen molar-refractivity contribution in [1.29, 1.82) is 0 Å². The zero-order chi connectivity index (χ0) is 28.1. The zero-order valence-corrected chi connectivity index (χ0v) is 23.5. The van der Waals surface area contributed by atoms with E-state index >= 15 is 0 Å². The number of rotatable bonds is 7. The SMILES string of the molecule is Cc1cc(OCc2cnc(C)nc2)cc(Oc2ccc(-c3cn(C4CC5(C4)CN(C)C5)c4ncnc(N)c34)cc2)c1. The highest BCUT2D eigenvalue weighted by Gasteiger charge is 2.51. The van der Waals surface area contributed by atoms with Crippen LogP contribution in [0.2, 0.25) is 0 Å². The molecule has 0 bridgehead atoms. The first-order chi connectivity index (χ1) is 19.8. The van der Waals surface area contributed by atoms with Gasteiger partial charge < -0.3 is 24.7 Å². The van der Waals surface area contributed by atoms with Crippen LogP contribution in [0.15, 0.2) is 67.4 Å². The topological polar surface area (TPSA) is 104 Å². The molecule has 1 saturated heterocycles. The molecule has 1 aliphatic heterocycles. The van der Waals surface area contributed by atoms with Crippen molar-refractivity contribution >= 4 is 16.9 Å². The van der Waals surface area contributed by atoms with Crippen molar-refractivity contribution in [2.75, 3.05) is 25.9 Å². The van der Waals surface area contributed by atoms with E-state index in [9.17, 15) is 0 Å². The molecule has 2 aliphatic rings. The summed E-state index contributed by atoms with van der Waals surface area (Å²) >= 11 is 0. The third-order valence-electron chi connectivity index (χ3n) is 8.25. The highest BCUT2D eigenvalue weighted by Crippen LogP contribution is 2.54. The van der Waals surface area contributed by atoms with Crippen LogP contribution in [0, 0.1) is 19.3 Å². The van der Waals surface area contributed by atoms with E-state index in [-0.39, 0.29) is 0 Å². The number of benzene rings is 2. The van der Waals surface area contributed by atoms with Crippen LogP contribution < -0.4 is 15.2 Å². The molecule has 41 heavy (non-hydrogen) atoms. The first-order valence-corrected chi connectivity index (χ1v) is 13.9. The van der Waals surface area contributed by atoms with E-state index < -0.39 is 0 Å². The summed E-state index contributed by atoms with van der Waals surface area (Å²) in [6.07, 6.45) is 9.69. The Labute approximate surface area is 239 Å². The van der Waals surface area contributed by atoms with Crippen molar-refractivity contribution in [3.05, 3.63) is 84.3 Å². The number of nitrogen functional groups attached to an aromatic ring is 1. The van der Waals surface area contributed by atoms with Gasteiger partial charge in [-0.15, -0.1) is 0 Å². The molecule has 2 aromatic carbocycles. The van der Waals surface area contributed by atoms with Crippen molar-refractivity contribution in [1.82, 2.24) is 29.4 Å². The van der Waals surface area contributed by atoms with Gasteiger partial charge in [-0.25, -0.2) is 19.9 Å². The Bertz CT molecular complexity index is 1720. The first kappa shape index (κ1) is 25.5. The van der Waals surface area contributed by atoms with Crippen molar-refractivity contribution < 1.29 is 9.47 Å². The largest absolute Gasteiger partial charge is 0.489 e. The van der Waals surface area contributed by atoms with Crippen LogP contribution >= 0.6 is 0 Å². The molecule has 0 amide bonds. The number of nitrogens with zero attached hydrogens (tertiary/aromatic N) is 6. The van der Waals surface area contributed by atoms with Crippen molar-refractivity contribution in [2.45, 2.75) is 39.3 Å². The van der Waals surface area contributed by atoms with Crippen LogP contribution in [0.1, 0.15) is 35.8 Å². The lowest BCUT2D eigenvalue weighted by Gasteiger charge is -2.58. The van der Waals surface area contributed by atoms with Gasteiger partial charge in [0.05, 0.1) is 5.39 Å². The van der Waals surface area contributed by atoms with Crippen molar-refractivity contribution in [3.8, 4) is 28.4 Å². The Hall–Kier alpha value is -4.50. The summed E-state index contributed by atoms with van der Waals surface area (Å²) in [4.78, 5) is 19.8. The van der Waals surface area contributed by atoms with Gasteiger partial charge in [-0.05, 0) is 74.5 Å². The summed E-state index contributed by atoms with van der Waals surface area (Å²) in [7, 11) is 2.19. The molecule has 7 rings (SSSR count). The minimum atomic E-state index is 0.386. The standard InChI is InChI=1S/C32H33N7O2/c1-20-8-26(40-16-22-13-34-21(2)35-14-22)10-27(9-20)41-25-6-4-23(5-7-25)28-15-39(31-29(28)30(33)36-19-37-31)24-11-32(12-24)17-38(3)18-32/h4-10,13-15,19,24H,11-12,16-18H2,1-3H3,(H2,33,36,37). The van der Waals surface area contributed by atoms with Crippen LogP contribution in [0.4, 0.5) is 5.82 Å². The summed E-state index contributed by atoms with van der Waals surface area (Å²) in [5.41, 5.74) is 11.8. The molecule has 1 aliphatic carbocycles. The maximum Gasteiger partial charge on any atom is 0.146 e. The van der Waals surface area contributed by atoms with Crippen LogP contribution in [-0.4, -0.2) is 49.5 Å². The number of nitrogens with two attached hydrogens (primary N) is 1. The molecule has 0 atom stereocenters. The highest BCUT2D eigenvalue weighted by molar-refractivity contribution is 6.00. The molecule has 2 fully saturated rings. The van der Waals surface area contributed by atoms with E-state index in [1.54, 1.807) is 18.7 Å². The molecule has 0 unspecified atom stereocenters. The predicted molar refractivity (Wildman–Crippen MR) is 158 cm³/mol. The number of aromatic nitrogens is 5. The second kappa shape index (κ2) is 9.85. The third-order valence-corrected chi connectivity index (χ3v) is 8.25. The Morgan fingerprint density at radius 1 is 0.927 bits per heavy atom. The molecule has 1 saturated carbocycles. The molecule has 208 valence electrons. The second-order valence-corrected chi connectivity index (χ2v) is 11.7. The Morgan fingerprint density at radius 3 is 2.39 bits per heavy atom. The van der Waals surface area contributed by atoms with E-state index in [1.165, 1.54) is 25.9 Å². The van der Waals surface area contributed by atoms with Gasteiger partial charge >= 0.3 is 0 Å². The van der Waals surface area contributed by atoms with Crippen molar-refractivity contribution in [3.63, 3.8) is 0 Å². The molecule has 5 aromatic rings. The number of ether oxygens (including phenoxy) is 2. The minimum absolute atomic E-state index is 0.386. The van der Waals surface area contributed by atoms with Gasteiger partial charge in [0, 0.05) is 54.9 Å². The molecular formula is C32H33N7O2. The van der Waals surface area contributed by atoms with Gasteiger partial charge in [0.1, 0.15) is 47.5 Å². The molecule has 1 spiro atoms. The average molecular weight is 548 g/mol. The number of fused-ring (bicyclic) bond motifs is 1. The number of anilines is 1. The minimum Gasteiger partial charge on any atom is -0.489 e. The van der Waals surface area contributed by atoms with E-state index in [0.29, 0.717) is 29.6 Å². The van der Waals surface area contributed by atoms with Crippen molar-refractivity contribution in [2.24, 2.45) is 5.41 Å². The maximum absolute atomic E-state index is 6.39. The smallest absolute Gasteiger partial charge is 0.146 e. The van der Waals surface area contributed by atoms with E-state index in [2.05, 4.69) is 54.8 Å². The number of likely N-dealkylation sites (tertiary alicyclic amines) is 1. The van der Waals surface area contributed by atoms with E-state index in [0.717, 1.165) is 50.6 Å². The van der Waals surface area contributed by atoms with E-state index in [1.807, 2.05) is 44.2 Å². The van der Waals surface area contributed by atoms with E-state index in [4.69, 9.17) is 15.2 Å². The fourth-order valence-electron chi connectivity index (χ4n) is 6.45. The second-order valence-electron chi connectivity index (χ2n) is 11.7. The first-order valence-electron chi connectivity index (χ1n) is 13.9. The van der Waals surface area contributed by atoms with Gasteiger partial charge in [-0.2, -0.15) is 0 Å². The lowest BCUT2D eigenvalue weighted by atomic mass is 9.61. The Balaban J connectivity index is 1.10. The van der Waals surface area contributed by atoms with Gasteiger partial charge in [0.25, 0.3) is 0 Å². The Morgan fingerprint density at radius 2 is 1.66 bits per heavy atom. The molecule has 3 aromatic heterocycles. The summed E-state index contributed by atoms with van der Waals surface area (Å²) in [6, 6.07) is 14.4. The summed E-state index contributed by atoms with van der Waals surface area (Å²) in [5, 5.41) is 0.910. The molecule has 2 N–H and O–H groups in total. The van der Waals surface area contributed by atoms with Gasteiger partial charge in [-0.3, -0.25) is 0 Å². The highest BCUT2D eigenvalue weighted by atomic mass is 16.5. The maximum atomic E-state index is 6.39. The summed E-state index contributed by atoms with van der Waals surface area (Å²) in [6.45, 7) is 6.64. The normalized spacial score (nSPS) is 16.5. The predicted octanol–water partition coefficient (Wildman–Crippen LogP) is 5.73. The van der Waals surface area contributed by atoms with Gasteiger partial charge in [0.15, 0.2) is 0 Å². The average Bonchev–Trinajstić information content (AvgIpc) is 3.30. The lowest BCUT2D eigenvalue weighted by Crippen LogP contribution is -2.60. The molecular weight excluding hydrogens is 514 g/mol. The molecule has 4 heterocycles.